The van der Waals surface area contributed by atoms with Gasteiger partial charge in [-0.3, -0.25) is 19.7 Å². The van der Waals surface area contributed by atoms with Gasteiger partial charge in [-0.05, 0) is 12.1 Å². The number of carboxylic acid groups (broad SMARTS) is 1. The number of hydrogen-bond acceptors (Lipinski definition) is 5. The van der Waals surface area contributed by atoms with Crippen LogP contribution in [0.1, 0.15) is 10.6 Å². The molecule has 0 atom stereocenters. The highest BCUT2D eigenvalue weighted by atomic mass is 32.2. The van der Waals surface area contributed by atoms with Crippen LogP contribution in [0.2, 0.25) is 0 Å². The highest BCUT2D eigenvalue weighted by Gasteiger charge is 2.12. The van der Waals surface area contributed by atoms with Crippen LogP contribution in [0.5, 0.6) is 0 Å². The summed E-state index contributed by atoms with van der Waals surface area (Å²) < 4.78 is 4.77. The lowest BCUT2D eigenvalue weighted by Gasteiger charge is -2.00. The van der Waals surface area contributed by atoms with E-state index in [4.69, 9.17) is 9.52 Å². The molecule has 1 heterocycles. The molecule has 2 amide bonds. The number of carboxylic acids is 1. The normalized spacial score (nSPS) is 9.75. The van der Waals surface area contributed by atoms with E-state index in [-0.39, 0.29) is 17.3 Å². The molecule has 16 heavy (non-hydrogen) atoms. The Morgan fingerprint density at radius 1 is 1.38 bits per heavy atom. The molecular weight excluding hydrogens is 234 g/mol. The number of thioether (sulfide) groups is 1. The average molecular weight is 243 g/mol. The fourth-order valence-electron chi connectivity index (χ4n) is 0.863. The Balaban J connectivity index is 2.29. The van der Waals surface area contributed by atoms with Gasteiger partial charge in [-0.15, -0.1) is 11.8 Å². The zero-order chi connectivity index (χ0) is 12.0. The lowest BCUT2D eigenvalue weighted by Crippen LogP contribution is -2.31. The third kappa shape index (κ3) is 4.18. The van der Waals surface area contributed by atoms with Crippen molar-refractivity contribution in [1.82, 2.24) is 5.32 Å². The van der Waals surface area contributed by atoms with Crippen molar-refractivity contribution >= 4 is 29.5 Å². The van der Waals surface area contributed by atoms with Crippen LogP contribution in [0, 0.1) is 0 Å². The number of amides is 2. The summed E-state index contributed by atoms with van der Waals surface area (Å²) in [5, 5.41) is 10.4. The summed E-state index contributed by atoms with van der Waals surface area (Å²) in [6, 6.07) is 2.95. The topological polar surface area (TPSA) is 96.6 Å². The Hall–Kier alpha value is -1.76. The highest BCUT2D eigenvalue weighted by molar-refractivity contribution is 8.00. The first-order valence-electron chi connectivity index (χ1n) is 4.27. The smallest absolute Gasteiger partial charge is 0.313 e. The molecule has 0 fully saturated rings. The van der Waals surface area contributed by atoms with Crippen molar-refractivity contribution in [1.29, 1.82) is 0 Å². The average Bonchev–Trinajstić information content (AvgIpc) is 2.69. The van der Waals surface area contributed by atoms with Crippen LogP contribution in [-0.4, -0.2) is 34.4 Å². The Bertz CT molecular complexity index is 387. The monoisotopic (exact) mass is 243 g/mol. The molecule has 6 nitrogen and oxygen atoms in total. The van der Waals surface area contributed by atoms with E-state index in [0.717, 1.165) is 11.8 Å². The summed E-state index contributed by atoms with van der Waals surface area (Å²) in [6.07, 6.45) is 1.32. The molecule has 86 valence electrons. The van der Waals surface area contributed by atoms with Gasteiger partial charge in [-0.2, -0.15) is 0 Å². The largest absolute Gasteiger partial charge is 0.481 e. The highest BCUT2D eigenvalue weighted by Crippen LogP contribution is 2.01. The molecule has 0 spiro atoms. The van der Waals surface area contributed by atoms with Gasteiger partial charge in [0.1, 0.15) is 0 Å². The molecule has 1 rings (SSSR count). The lowest BCUT2D eigenvalue weighted by molar-refractivity contribution is -0.133. The van der Waals surface area contributed by atoms with E-state index in [1.165, 1.54) is 18.4 Å². The maximum absolute atomic E-state index is 11.3. The van der Waals surface area contributed by atoms with Crippen LogP contribution >= 0.6 is 11.8 Å². The molecule has 7 heteroatoms. The number of hydrogen-bond donors (Lipinski definition) is 2. The third-order valence-electron chi connectivity index (χ3n) is 1.46. The minimum Gasteiger partial charge on any atom is -0.481 e. The van der Waals surface area contributed by atoms with E-state index >= 15 is 0 Å². The number of carbonyl (C=O) groups excluding carboxylic acids is 2. The number of rotatable bonds is 5. The first kappa shape index (κ1) is 12.3. The zero-order valence-corrected chi connectivity index (χ0v) is 8.95. The van der Waals surface area contributed by atoms with Crippen LogP contribution in [0.25, 0.3) is 0 Å². The van der Waals surface area contributed by atoms with Crippen molar-refractivity contribution in [3.05, 3.63) is 24.2 Å². The van der Waals surface area contributed by atoms with Crippen molar-refractivity contribution in [2.75, 3.05) is 11.5 Å². The van der Waals surface area contributed by atoms with Crippen LogP contribution in [0.15, 0.2) is 22.8 Å². The van der Waals surface area contributed by atoms with E-state index in [9.17, 15) is 14.4 Å². The zero-order valence-electron chi connectivity index (χ0n) is 8.13. The second-order valence-corrected chi connectivity index (χ2v) is 3.73. The predicted octanol–water partition coefficient (Wildman–Crippen LogP) is 0.354. The summed E-state index contributed by atoms with van der Waals surface area (Å²) >= 11 is 0.914. The van der Waals surface area contributed by atoms with Gasteiger partial charge >= 0.3 is 5.97 Å². The van der Waals surface area contributed by atoms with Crippen LogP contribution in [-0.2, 0) is 9.59 Å². The van der Waals surface area contributed by atoms with Crippen molar-refractivity contribution in [2.24, 2.45) is 0 Å². The minimum absolute atomic E-state index is 0.0385. The van der Waals surface area contributed by atoms with Crippen LogP contribution < -0.4 is 5.32 Å². The summed E-state index contributed by atoms with van der Waals surface area (Å²) in [6.45, 7) is 0. The van der Waals surface area contributed by atoms with Gasteiger partial charge in [-0.1, -0.05) is 0 Å². The number of nitrogens with one attached hydrogen (secondary N) is 1. The van der Waals surface area contributed by atoms with Gasteiger partial charge in [0.2, 0.25) is 5.91 Å². The molecule has 0 unspecified atom stereocenters. The van der Waals surface area contributed by atoms with Crippen LogP contribution in [0.4, 0.5) is 0 Å². The second-order valence-electron chi connectivity index (χ2n) is 2.74. The summed E-state index contributed by atoms with van der Waals surface area (Å²) in [5.41, 5.74) is 0. The summed E-state index contributed by atoms with van der Waals surface area (Å²) in [5.74, 6) is -2.41. The number of imide groups is 1. The first-order chi connectivity index (χ1) is 7.59. The van der Waals surface area contributed by atoms with E-state index in [1.54, 1.807) is 0 Å². The van der Waals surface area contributed by atoms with Crippen LogP contribution in [0.3, 0.4) is 0 Å². The number of aliphatic carboxylic acids is 1. The maximum Gasteiger partial charge on any atom is 0.313 e. The molecule has 0 bridgehead atoms. The Labute approximate surface area is 95.0 Å². The van der Waals surface area contributed by atoms with Crippen molar-refractivity contribution in [3.63, 3.8) is 0 Å². The minimum atomic E-state index is -1.00. The molecule has 0 aliphatic rings. The standard InChI is InChI=1S/C9H9NO5S/c11-7(4-16-5-8(12)13)10-9(14)6-2-1-3-15-6/h1-3H,4-5H2,(H,12,13)(H,10,11,14). The van der Waals surface area contributed by atoms with E-state index in [2.05, 4.69) is 5.32 Å². The van der Waals surface area contributed by atoms with Gasteiger partial charge in [0.05, 0.1) is 17.8 Å². The molecule has 0 radical (unpaired) electrons. The quantitative estimate of drug-likeness (QED) is 0.774. The number of furan rings is 1. The van der Waals surface area contributed by atoms with Gasteiger partial charge < -0.3 is 9.52 Å². The third-order valence-corrected chi connectivity index (χ3v) is 2.37. The molecule has 0 saturated carbocycles. The van der Waals surface area contributed by atoms with Gasteiger partial charge in [0.25, 0.3) is 5.91 Å². The Morgan fingerprint density at radius 2 is 2.12 bits per heavy atom. The van der Waals surface area contributed by atoms with Gasteiger partial charge in [0.15, 0.2) is 5.76 Å². The second kappa shape index (κ2) is 5.96. The molecule has 0 aliphatic carbocycles. The molecule has 0 saturated heterocycles. The van der Waals surface area contributed by atoms with Crippen molar-refractivity contribution in [2.45, 2.75) is 0 Å². The molecule has 2 N–H and O–H groups in total. The Morgan fingerprint density at radius 3 is 2.69 bits per heavy atom. The molecule has 0 aromatic carbocycles. The van der Waals surface area contributed by atoms with E-state index in [0.29, 0.717) is 0 Å². The van der Waals surface area contributed by atoms with E-state index < -0.39 is 17.8 Å². The Kier molecular flexibility index (Phi) is 4.59. The van der Waals surface area contributed by atoms with Gasteiger partial charge in [-0.25, -0.2) is 0 Å². The van der Waals surface area contributed by atoms with Crippen molar-refractivity contribution in [3.8, 4) is 0 Å². The maximum atomic E-state index is 11.3. The van der Waals surface area contributed by atoms with Crippen molar-refractivity contribution < 1.29 is 23.9 Å². The molecular formula is C9H9NO5S. The SMILES string of the molecule is O=C(O)CSCC(=O)NC(=O)c1ccco1. The summed E-state index contributed by atoms with van der Waals surface area (Å²) in [4.78, 5) is 32.6. The fourth-order valence-corrected chi connectivity index (χ4v) is 1.40. The molecule has 1 aromatic rings. The summed E-state index contributed by atoms with van der Waals surface area (Å²) in [7, 11) is 0. The van der Waals surface area contributed by atoms with E-state index in [1.807, 2.05) is 0 Å². The fraction of sp³-hybridized carbons (Fsp3) is 0.222. The molecule has 0 aliphatic heterocycles. The first-order valence-corrected chi connectivity index (χ1v) is 5.42. The predicted molar refractivity (Wildman–Crippen MR) is 56.1 cm³/mol. The molecule has 1 aromatic heterocycles. The van der Waals surface area contributed by atoms with Gasteiger partial charge in [0, 0.05) is 0 Å². The lowest BCUT2D eigenvalue weighted by atomic mass is 10.4. The number of carbonyl (C=O) groups is 3.